The first-order chi connectivity index (χ1) is 15.2. The van der Waals surface area contributed by atoms with E-state index < -0.39 is 0 Å². The summed E-state index contributed by atoms with van der Waals surface area (Å²) < 4.78 is 8.96. The molecule has 7 nitrogen and oxygen atoms in total. The van der Waals surface area contributed by atoms with Crippen LogP contribution in [0.25, 0.3) is 27.9 Å². The Morgan fingerprint density at radius 2 is 1.94 bits per heavy atom. The van der Waals surface area contributed by atoms with Crippen molar-refractivity contribution >= 4 is 40.0 Å². The van der Waals surface area contributed by atoms with Gasteiger partial charge in [0.05, 0.1) is 16.7 Å². The van der Waals surface area contributed by atoms with E-state index in [9.17, 15) is 4.79 Å². The summed E-state index contributed by atoms with van der Waals surface area (Å²) in [4.78, 5) is 12.9. The summed E-state index contributed by atoms with van der Waals surface area (Å²) in [6, 6.07) is 16.8. The minimum absolute atomic E-state index is 0.116. The summed E-state index contributed by atoms with van der Waals surface area (Å²) in [5.41, 5.74) is 2.31. The Hall–Kier alpha value is -3.36. The molecule has 31 heavy (non-hydrogen) atoms. The fourth-order valence-corrected chi connectivity index (χ4v) is 4.34. The largest absolute Gasteiger partial charge is 0.360 e. The molecule has 9 heteroatoms. The molecule has 0 radical (unpaired) electrons. The Morgan fingerprint density at radius 1 is 1.13 bits per heavy atom. The van der Waals surface area contributed by atoms with Gasteiger partial charge in [0.15, 0.2) is 5.16 Å². The molecule has 0 amide bonds. The van der Waals surface area contributed by atoms with Gasteiger partial charge in [0.1, 0.15) is 11.5 Å². The van der Waals surface area contributed by atoms with Crippen molar-refractivity contribution in [1.82, 2.24) is 24.3 Å². The summed E-state index contributed by atoms with van der Waals surface area (Å²) >= 11 is 7.41. The van der Waals surface area contributed by atoms with Crippen LogP contribution in [0.4, 0.5) is 0 Å². The highest BCUT2D eigenvalue weighted by molar-refractivity contribution is 7.98. The predicted molar refractivity (Wildman–Crippen MR) is 121 cm³/mol. The van der Waals surface area contributed by atoms with Crippen LogP contribution in [-0.2, 0) is 12.3 Å². The molecule has 0 fully saturated rings. The Kier molecular flexibility index (Phi) is 5.09. The zero-order chi connectivity index (χ0) is 21.4. The predicted octanol–water partition coefficient (Wildman–Crippen LogP) is 4.83. The molecular formula is C22H16ClN5O2S. The number of hydrogen-bond acceptors (Lipinski definition) is 6. The van der Waals surface area contributed by atoms with E-state index in [0.29, 0.717) is 39.4 Å². The molecule has 2 aromatic carbocycles. The second-order valence-corrected chi connectivity index (χ2v) is 8.19. The van der Waals surface area contributed by atoms with E-state index in [0.717, 1.165) is 16.8 Å². The van der Waals surface area contributed by atoms with E-state index in [1.54, 1.807) is 16.7 Å². The number of halogens is 1. The van der Waals surface area contributed by atoms with Gasteiger partial charge in [0.2, 0.25) is 5.78 Å². The minimum atomic E-state index is -0.116. The lowest BCUT2D eigenvalue weighted by Crippen LogP contribution is -2.22. The summed E-state index contributed by atoms with van der Waals surface area (Å²) in [6.45, 7) is 4.10. The summed E-state index contributed by atoms with van der Waals surface area (Å²) in [7, 11) is 0. The summed E-state index contributed by atoms with van der Waals surface area (Å²) in [5.74, 6) is 1.69. The van der Waals surface area contributed by atoms with Gasteiger partial charge in [-0.3, -0.25) is 13.8 Å². The van der Waals surface area contributed by atoms with Crippen LogP contribution in [0.1, 0.15) is 5.76 Å². The lowest BCUT2D eigenvalue weighted by atomic mass is 10.1. The van der Waals surface area contributed by atoms with Crippen molar-refractivity contribution in [2.45, 2.75) is 17.5 Å². The highest BCUT2D eigenvalue weighted by Crippen LogP contribution is 2.27. The Bertz CT molecular complexity index is 1470. The Balaban J connectivity index is 1.50. The van der Waals surface area contributed by atoms with Gasteiger partial charge >= 0.3 is 0 Å². The number of nitrogens with zero attached hydrogens (tertiary/aromatic N) is 5. The van der Waals surface area contributed by atoms with Crippen LogP contribution in [-0.4, -0.2) is 24.3 Å². The van der Waals surface area contributed by atoms with E-state index >= 15 is 0 Å². The molecule has 0 bridgehead atoms. The van der Waals surface area contributed by atoms with Crippen LogP contribution in [0.2, 0.25) is 5.02 Å². The third-order valence-corrected chi connectivity index (χ3v) is 6.04. The lowest BCUT2D eigenvalue weighted by molar-refractivity contribution is 0.397. The smallest absolute Gasteiger partial charge is 0.263 e. The van der Waals surface area contributed by atoms with E-state index in [1.165, 1.54) is 11.8 Å². The minimum Gasteiger partial charge on any atom is -0.360 e. The van der Waals surface area contributed by atoms with Gasteiger partial charge in [-0.05, 0) is 24.3 Å². The first-order valence-corrected chi connectivity index (χ1v) is 10.8. The van der Waals surface area contributed by atoms with Gasteiger partial charge in [0.25, 0.3) is 5.56 Å². The van der Waals surface area contributed by atoms with E-state index in [2.05, 4.69) is 21.9 Å². The molecule has 0 aliphatic heterocycles. The van der Waals surface area contributed by atoms with Crippen molar-refractivity contribution in [3.8, 4) is 11.3 Å². The van der Waals surface area contributed by atoms with Gasteiger partial charge < -0.3 is 4.52 Å². The topological polar surface area (TPSA) is 78.2 Å². The maximum atomic E-state index is 12.9. The quantitative estimate of drug-likeness (QED) is 0.273. The SMILES string of the molecule is C=CCn1c(=O)c2ccccc2n2c(SCc3cc(-c4ccc(Cl)cc4)no3)nnc12. The van der Waals surface area contributed by atoms with Gasteiger partial charge in [0, 0.05) is 23.2 Å². The average molecular weight is 450 g/mol. The molecule has 0 atom stereocenters. The third-order valence-electron chi connectivity index (χ3n) is 4.83. The van der Waals surface area contributed by atoms with Crippen LogP contribution in [0.5, 0.6) is 0 Å². The van der Waals surface area contributed by atoms with E-state index in [-0.39, 0.29) is 5.56 Å². The fourth-order valence-electron chi connectivity index (χ4n) is 3.39. The summed E-state index contributed by atoms with van der Waals surface area (Å²) in [6.07, 6.45) is 1.67. The number of aromatic nitrogens is 5. The molecular weight excluding hydrogens is 434 g/mol. The normalized spacial score (nSPS) is 11.4. The van der Waals surface area contributed by atoms with Crippen molar-refractivity contribution < 1.29 is 4.52 Å². The number of rotatable bonds is 6. The second-order valence-electron chi connectivity index (χ2n) is 6.81. The molecule has 5 rings (SSSR count). The van der Waals surface area contributed by atoms with E-state index in [4.69, 9.17) is 16.1 Å². The average Bonchev–Trinajstić information content (AvgIpc) is 3.43. The molecule has 0 saturated carbocycles. The zero-order valence-corrected chi connectivity index (χ0v) is 17.8. The Labute approximate surface area is 186 Å². The number of para-hydroxylation sites is 1. The number of benzene rings is 2. The van der Waals surface area contributed by atoms with Crippen molar-refractivity contribution in [3.05, 3.63) is 88.4 Å². The number of thioether (sulfide) groups is 1. The first-order valence-electron chi connectivity index (χ1n) is 9.47. The maximum Gasteiger partial charge on any atom is 0.263 e. The molecule has 0 aliphatic rings. The first kappa shape index (κ1) is 19.6. The molecule has 0 spiro atoms. The standard InChI is InChI=1S/C22H16ClN5O2S/c1-2-11-27-20(29)17-5-3-4-6-19(17)28-21(27)24-25-22(28)31-13-16-12-18(26-30-16)14-7-9-15(23)10-8-14/h2-10,12H,1,11,13H2. The van der Waals surface area contributed by atoms with Gasteiger partial charge in [-0.25, -0.2) is 0 Å². The molecule has 154 valence electrons. The van der Waals surface area contributed by atoms with Crippen molar-refractivity contribution in [2.24, 2.45) is 0 Å². The van der Waals surface area contributed by atoms with Crippen LogP contribution < -0.4 is 5.56 Å². The highest BCUT2D eigenvalue weighted by atomic mass is 35.5. The number of allylic oxidation sites excluding steroid dienone is 1. The molecule has 0 unspecified atom stereocenters. The molecule has 3 aromatic heterocycles. The Morgan fingerprint density at radius 3 is 2.74 bits per heavy atom. The zero-order valence-electron chi connectivity index (χ0n) is 16.2. The van der Waals surface area contributed by atoms with Crippen molar-refractivity contribution in [1.29, 1.82) is 0 Å². The summed E-state index contributed by atoms with van der Waals surface area (Å²) in [5, 5.41) is 14.7. The van der Waals surface area contributed by atoms with E-state index in [1.807, 2.05) is 52.9 Å². The van der Waals surface area contributed by atoms with Crippen LogP contribution in [0, 0.1) is 0 Å². The second kappa shape index (κ2) is 8.05. The maximum absolute atomic E-state index is 12.9. The van der Waals surface area contributed by atoms with Crippen molar-refractivity contribution in [3.63, 3.8) is 0 Å². The van der Waals surface area contributed by atoms with Gasteiger partial charge in [-0.1, -0.05) is 58.9 Å². The number of hydrogen-bond donors (Lipinski definition) is 0. The monoisotopic (exact) mass is 449 g/mol. The van der Waals surface area contributed by atoms with Crippen LogP contribution in [0.3, 0.4) is 0 Å². The molecule has 0 aliphatic carbocycles. The highest BCUT2D eigenvalue weighted by Gasteiger charge is 2.17. The molecule has 3 heterocycles. The third kappa shape index (κ3) is 3.54. The molecule has 5 aromatic rings. The van der Waals surface area contributed by atoms with Crippen molar-refractivity contribution in [2.75, 3.05) is 0 Å². The molecule has 0 N–H and O–H groups in total. The van der Waals surface area contributed by atoms with Crippen LogP contribution >= 0.6 is 23.4 Å². The van der Waals surface area contributed by atoms with Gasteiger partial charge in [-0.2, -0.15) is 0 Å². The van der Waals surface area contributed by atoms with Crippen LogP contribution in [0.15, 0.2) is 81.7 Å². The molecule has 0 saturated heterocycles. The fraction of sp³-hybridized carbons (Fsp3) is 0.0909. The van der Waals surface area contributed by atoms with Gasteiger partial charge in [-0.15, -0.1) is 16.8 Å². The number of fused-ring (bicyclic) bond motifs is 3. The lowest BCUT2D eigenvalue weighted by Gasteiger charge is -2.09.